The molecule has 1 atom stereocenters. The first kappa shape index (κ1) is 17.9. The topological polar surface area (TPSA) is 58.1 Å². The lowest BCUT2D eigenvalue weighted by atomic mass is 10.00. The van der Waals surface area contributed by atoms with E-state index in [9.17, 15) is 9.18 Å². The van der Waals surface area contributed by atoms with E-state index in [1.54, 1.807) is 6.07 Å². The van der Waals surface area contributed by atoms with Crippen molar-refractivity contribution in [2.24, 2.45) is 5.41 Å². The van der Waals surface area contributed by atoms with Gasteiger partial charge in [-0.05, 0) is 60.9 Å². The van der Waals surface area contributed by atoms with Gasteiger partial charge < -0.3 is 10.2 Å². The summed E-state index contributed by atoms with van der Waals surface area (Å²) in [6.07, 6.45) is 4.53. The summed E-state index contributed by atoms with van der Waals surface area (Å²) in [6.45, 7) is 1.57. The van der Waals surface area contributed by atoms with Crippen LogP contribution in [0, 0.1) is 11.2 Å². The van der Waals surface area contributed by atoms with Crippen LogP contribution in [0.1, 0.15) is 42.7 Å². The molecule has 1 N–H and O–H groups in total. The summed E-state index contributed by atoms with van der Waals surface area (Å²) < 4.78 is 14.2. The van der Waals surface area contributed by atoms with Crippen LogP contribution in [0.25, 0.3) is 0 Å². The van der Waals surface area contributed by atoms with Gasteiger partial charge in [0.2, 0.25) is 5.91 Å². The number of nitrogens with zero attached hydrogens (tertiary/aromatic N) is 3. The lowest BCUT2D eigenvalue weighted by Crippen LogP contribution is -2.42. The van der Waals surface area contributed by atoms with Gasteiger partial charge in [0, 0.05) is 18.5 Å². The van der Waals surface area contributed by atoms with Crippen LogP contribution in [-0.4, -0.2) is 35.2 Å². The SMILES string of the molecule is O=C(Cc1ccc(C2CC2)c(F)c1)N[C@@H]1CN(c2ccc(Cl)nn2)CC12CC2. The number of rotatable bonds is 5. The van der Waals surface area contributed by atoms with E-state index in [1.165, 1.54) is 6.07 Å². The summed E-state index contributed by atoms with van der Waals surface area (Å²) in [6, 6.07) is 8.91. The van der Waals surface area contributed by atoms with Crippen LogP contribution in [0.2, 0.25) is 5.15 Å². The summed E-state index contributed by atoms with van der Waals surface area (Å²) in [4.78, 5) is 14.8. The van der Waals surface area contributed by atoms with Gasteiger partial charge in [-0.3, -0.25) is 4.79 Å². The van der Waals surface area contributed by atoms with Gasteiger partial charge in [-0.1, -0.05) is 23.7 Å². The zero-order valence-electron chi connectivity index (χ0n) is 15.5. The van der Waals surface area contributed by atoms with Crippen LogP contribution < -0.4 is 10.2 Å². The molecule has 7 heteroatoms. The smallest absolute Gasteiger partial charge is 0.224 e. The van der Waals surface area contributed by atoms with Crippen molar-refractivity contribution in [3.05, 3.63) is 52.4 Å². The number of aromatic nitrogens is 2. The number of anilines is 1. The normalized spacial score (nSPS) is 22.5. The van der Waals surface area contributed by atoms with Gasteiger partial charge in [-0.25, -0.2) is 4.39 Å². The van der Waals surface area contributed by atoms with Crippen molar-refractivity contribution >= 4 is 23.3 Å². The molecule has 2 aliphatic carbocycles. The molecule has 1 aliphatic heterocycles. The molecule has 1 saturated heterocycles. The van der Waals surface area contributed by atoms with Gasteiger partial charge in [0.05, 0.1) is 12.5 Å². The van der Waals surface area contributed by atoms with Crippen LogP contribution in [0.4, 0.5) is 10.2 Å². The second-order valence-electron chi connectivity index (χ2n) is 8.38. The largest absolute Gasteiger partial charge is 0.352 e. The van der Waals surface area contributed by atoms with E-state index in [1.807, 2.05) is 18.2 Å². The summed E-state index contributed by atoms with van der Waals surface area (Å²) in [7, 11) is 0. The Morgan fingerprint density at radius 1 is 1.25 bits per heavy atom. The van der Waals surface area contributed by atoms with E-state index >= 15 is 0 Å². The monoisotopic (exact) mass is 400 g/mol. The molecule has 0 radical (unpaired) electrons. The summed E-state index contributed by atoms with van der Waals surface area (Å²) in [5.74, 6) is 0.918. The van der Waals surface area contributed by atoms with Gasteiger partial charge in [0.1, 0.15) is 5.82 Å². The number of nitrogens with one attached hydrogen (secondary N) is 1. The molecule has 3 fully saturated rings. The Morgan fingerprint density at radius 3 is 2.71 bits per heavy atom. The number of hydrogen-bond acceptors (Lipinski definition) is 4. The zero-order valence-corrected chi connectivity index (χ0v) is 16.3. The predicted molar refractivity (Wildman–Crippen MR) is 105 cm³/mol. The Labute approximate surface area is 168 Å². The van der Waals surface area contributed by atoms with Crippen molar-refractivity contribution in [1.82, 2.24) is 15.5 Å². The molecule has 146 valence electrons. The van der Waals surface area contributed by atoms with Crippen LogP contribution in [0.15, 0.2) is 30.3 Å². The highest BCUT2D eigenvalue weighted by Gasteiger charge is 2.55. The zero-order chi connectivity index (χ0) is 19.3. The van der Waals surface area contributed by atoms with Crippen molar-refractivity contribution < 1.29 is 9.18 Å². The average molecular weight is 401 g/mol. The molecule has 28 heavy (non-hydrogen) atoms. The molecule has 3 aliphatic rings. The standard InChI is InChI=1S/C21H22ClFN4O/c22-18-5-6-19(26-25-18)27-11-17(21(12-27)7-8-21)24-20(28)10-13-1-4-15(14-2-3-14)16(23)9-13/h1,4-6,9,14,17H,2-3,7-8,10-12H2,(H,24,28)/t17-/m1/s1. The lowest BCUT2D eigenvalue weighted by molar-refractivity contribution is -0.121. The van der Waals surface area contributed by atoms with E-state index in [-0.39, 0.29) is 29.6 Å². The van der Waals surface area contributed by atoms with E-state index in [2.05, 4.69) is 20.4 Å². The molecular formula is C21H22ClFN4O. The Kier molecular flexibility index (Phi) is 4.27. The van der Waals surface area contributed by atoms with Crippen LogP contribution in [0.3, 0.4) is 0 Å². The van der Waals surface area contributed by atoms with Gasteiger partial charge >= 0.3 is 0 Å². The third-order valence-corrected chi connectivity index (χ3v) is 6.47. The minimum Gasteiger partial charge on any atom is -0.352 e. The number of benzene rings is 1. The maximum Gasteiger partial charge on any atom is 0.224 e. The van der Waals surface area contributed by atoms with Gasteiger partial charge in [-0.2, -0.15) is 0 Å². The Balaban J connectivity index is 1.23. The summed E-state index contributed by atoms with van der Waals surface area (Å²) in [5, 5.41) is 11.6. The van der Waals surface area contributed by atoms with Crippen molar-refractivity contribution in [3.63, 3.8) is 0 Å². The number of halogens is 2. The summed E-state index contributed by atoms with van der Waals surface area (Å²) in [5.41, 5.74) is 1.64. The van der Waals surface area contributed by atoms with Gasteiger partial charge in [-0.15, -0.1) is 10.2 Å². The molecule has 2 aromatic rings. The molecule has 1 aromatic carbocycles. The third-order valence-electron chi connectivity index (χ3n) is 6.26. The number of carbonyl (C=O) groups is 1. The van der Waals surface area contributed by atoms with Gasteiger partial charge in [0.25, 0.3) is 0 Å². The molecule has 2 saturated carbocycles. The molecular weight excluding hydrogens is 379 g/mol. The molecule has 0 unspecified atom stereocenters. The highest BCUT2D eigenvalue weighted by molar-refractivity contribution is 6.29. The molecule has 5 rings (SSSR count). The first-order chi connectivity index (χ1) is 13.5. The minimum atomic E-state index is -0.181. The van der Waals surface area contributed by atoms with E-state index < -0.39 is 0 Å². The molecule has 2 heterocycles. The van der Waals surface area contributed by atoms with Crippen LogP contribution in [-0.2, 0) is 11.2 Å². The van der Waals surface area contributed by atoms with Crippen molar-refractivity contribution in [3.8, 4) is 0 Å². The van der Waals surface area contributed by atoms with E-state index in [4.69, 9.17) is 11.6 Å². The second kappa shape index (κ2) is 6.69. The molecule has 1 spiro atoms. The fraction of sp³-hybridized carbons (Fsp3) is 0.476. The van der Waals surface area contributed by atoms with Crippen LogP contribution in [0.5, 0.6) is 0 Å². The Hall–Kier alpha value is -2.21. The highest BCUT2D eigenvalue weighted by atomic mass is 35.5. The molecule has 1 aromatic heterocycles. The van der Waals surface area contributed by atoms with Crippen molar-refractivity contribution in [2.45, 2.75) is 44.1 Å². The van der Waals surface area contributed by atoms with Gasteiger partial charge in [0.15, 0.2) is 11.0 Å². The molecule has 0 bridgehead atoms. The first-order valence-corrected chi connectivity index (χ1v) is 10.2. The summed E-state index contributed by atoms with van der Waals surface area (Å²) >= 11 is 5.83. The number of amides is 1. The van der Waals surface area contributed by atoms with Crippen molar-refractivity contribution in [2.75, 3.05) is 18.0 Å². The number of carbonyl (C=O) groups excluding carboxylic acids is 1. The van der Waals surface area contributed by atoms with E-state index in [0.717, 1.165) is 49.2 Å². The van der Waals surface area contributed by atoms with E-state index in [0.29, 0.717) is 17.6 Å². The molecule has 1 amide bonds. The minimum absolute atomic E-state index is 0.0566. The maximum absolute atomic E-state index is 14.2. The second-order valence-corrected chi connectivity index (χ2v) is 8.77. The first-order valence-electron chi connectivity index (χ1n) is 9.84. The fourth-order valence-electron chi connectivity index (χ4n) is 4.32. The predicted octanol–water partition coefficient (Wildman–Crippen LogP) is 3.47. The maximum atomic E-state index is 14.2. The number of hydrogen-bond donors (Lipinski definition) is 1. The fourth-order valence-corrected chi connectivity index (χ4v) is 4.42. The molecule has 5 nitrogen and oxygen atoms in total. The third kappa shape index (κ3) is 3.46. The Morgan fingerprint density at radius 2 is 2.07 bits per heavy atom. The average Bonchev–Trinajstić information content (AvgIpc) is 3.56. The van der Waals surface area contributed by atoms with Crippen LogP contribution >= 0.6 is 11.6 Å². The Bertz CT molecular complexity index is 911. The lowest BCUT2D eigenvalue weighted by Gasteiger charge is -2.18. The highest BCUT2D eigenvalue weighted by Crippen LogP contribution is 2.53. The van der Waals surface area contributed by atoms with Crippen molar-refractivity contribution in [1.29, 1.82) is 0 Å². The quantitative estimate of drug-likeness (QED) is 0.834.